The predicted octanol–water partition coefficient (Wildman–Crippen LogP) is 1.91. The lowest BCUT2D eigenvalue weighted by Crippen LogP contribution is -2.36. The summed E-state index contributed by atoms with van der Waals surface area (Å²) in [6, 6.07) is 4.89. The number of aliphatic hydroxyl groups excluding tert-OH is 1. The largest absolute Gasteiger partial charge is 0.392 e. The molecule has 1 unspecified atom stereocenters. The van der Waals surface area contributed by atoms with Crippen molar-refractivity contribution >= 4 is 21.8 Å². The normalized spacial score (nSPS) is 13.5. The smallest absolute Gasteiger partial charge is 0.241 e. The summed E-state index contributed by atoms with van der Waals surface area (Å²) < 4.78 is 27.4. The van der Waals surface area contributed by atoms with E-state index in [-0.39, 0.29) is 17.5 Å². The SMILES string of the molecule is CCC(CSC)NS(=O)(=O)c1cccc(CO)c1C. The van der Waals surface area contributed by atoms with Crippen LogP contribution in [0.4, 0.5) is 0 Å². The molecule has 6 heteroatoms. The second kappa shape index (κ2) is 7.28. The van der Waals surface area contributed by atoms with E-state index in [9.17, 15) is 13.5 Å². The van der Waals surface area contributed by atoms with Gasteiger partial charge in [0.1, 0.15) is 0 Å². The summed E-state index contributed by atoms with van der Waals surface area (Å²) in [5.41, 5.74) is 1.25. The minimum atomic E-state index is -3.53. The van der Waals surface area contributed by atoms with Crippen LogP contribution in [0.15, 0.2) is 23.1 Å². The fourth-order valence-corrected chi connectivity index (χ4v) is 4.28. The third-order valence-corrected chi connectivity index (χ3v) is 5.44. The topological polar surface area (TPSA) is 66.4 Å². The minimum absolute atomic E-state index is 0.0721. The summed E-state index contributed by atoms with van der Waals surface area (Å²) in [4.78, 5) is 0.249. The molecule has 1 aromatic carbocycles. The standard InChI is InChI=1S/C13H21NO3S2/c1-4-12(9-18-3)14-19(16,17)13-7-5-6-11(8-15)10(13)2/h5-7,12,14-15H,4,8-9H2,1-3H3. The van der Waals surface area contributed by atoms with E-state index in [0.717, 1.165) is 12.2 Å². The van der Waals surface area contributed by atoms with Crippen molar-refractivity contribution in [3.8, 4) is 0 Å². The van der Waals surface area contributed by atoms with E-state index in [1.807, 2.05) is 13.2 Å². The molecular weight excluding hydrogens is 282 g/mol. The molecule has 2 N–H and O–H groups in total. The highest BCUT2D eigenvalue weighted by atomic mass is 32.2. The molecule has 0 aromatic heterocycles. The van der Waals surface area contributed by atoms with Crippen LogP contribution >= 0.6 is 11.8 Å². The Kier molecular flexibility index (Phi) is 6.32. The quantitative estimate of drug-likeness (QED) is 0.807. The molecule has 1 aromatic rings. The molecule has 0 radical (unpaired) electrons. The van der Waals surface area contributed by atoms with E-state index in [4.69, 9.17) is 0 Å². The summed E-state index contributed by atoms with van der Waals surface area (Å²) in [6.07, 6.45) is 2.70. The van der Waals surface area contributed by atoms with Gasteiger partial charge < -0.3 is 5.11 Å². The number of sulfonamides is 1. The Bertz CT molecular complexity index is 515. The molecule has 0 aliphatic heterocycles. The molecule has 0 fully saturated rings. The molecule has 0 amide bonds. The maximum Gasteiger partial charge on any atom is 0.241 e. The summed E-state index contributed by atoms with van der Waals surface area (Å²) in [5.74, 6) is 0.745. The highest BCUT2D eigenvalue weighted by Crippen LogP contribution is 2.19. The van der Waals surface area contributed by atoms with Crippen LogP contribution in [0.1, 0.15) is 24.5 Å². The van der Waals surface area contributed by atoms with Crippen molar-refractivity contribution in [2.45, 2.75) is 37.8 Å². The first-order valence-corrected chi connectivity index (χ1v) is 9.04. The maximum atomic E-state index is 12.4. The monoisotopic (exact) mass is 303 g/mol. The van der Waals surface area contributed by atoms with Crippen LogP contribution in [0.25, 0.3) is 0 Å². The van der Waals surface area contributed by atoms with Gasteiger partial charge in [-0.3, -0.25) is 0 Å². The van der Waals surface area contributed by atoms with E-state index in [1.165, 1.54) is 0 Å². The Morgan fingerprint density at radius 1 is 1.42 bits per heavy atom. The molecule has 0 saturated carbocycles. The maximum absolute atomic E-state index is 12.4. The summed E-state index contributed by atoms with van der Waals surface area (Å²) in [7, 11) is -3.53. The molecular formula is C13H21NO3S2. The van der Waals surface area contributed by atoms with Crippen molar-refractivity contribution in [2.24, 2.45) is 0 Å². The van der Waals surface area contributed by atoms with Crippen molar-refractivity contribution in [3.63, 3.8) is 0 Å². The molecule has 1 atom stereocenters. The number of rotatable bonds is 7. The zero-order chi connectivity index (χ0) is 14.5. The first kappa shape index (κ1) is 16.5. The molecule has 0 bridgehead atoms. The minimum Gasteiger partial charge on any atom is -0.392 e. The zero-order valence-electron chi connectivity index (χ0n) is 11.5. The number of aliphatic hydroxyl groups is 1. The van der Waals surface area contributed by atoms with Gasteiger partial charge in [0, 0.05) is 11.8 Å². The number of benzene rings is 1. The van der Waals surface area contributed by atoms with E-state index in [0.29, 0.717) is 11.1 Å². The average Bonchev–Trinajstić information content (AvgIpc) is 2.38. The van der Waals surface area contributed by atoms with Gasteiger partial charge in [-0.2, -0.15) is 11.8 Å². The van der Waals surface area contributed by atoms with Gasteiger partial charge in [-0.25, -0.2) is 13.1 Å². The second-order valence-corrected chi connectivity index (χ2v) is 6.97. The van der Waals surface area contributed by atoms with Crippen LogP contribution in [-0.4, -0.2) is 31.6 Å². The highest BCUT2D eigenvalue weighted by molar-refractivity contribution is 7.98. The molecule has 19 heavy (non-hydrogen) atoms. The Labute approximate surface area is 119 Å². The number of thioether (sulfide) groups is 1. The summed E-state index contributed by atoms with van der Waals surface area (Å²) in [6.45, 7) is 3.52. The van der Waals surface area contributed by atoms with Crippen LogP contribution in [0.5, 0.6) is 0 Å². The van der Waals surface area contributed by atoms with Crippen molar-refractivity contribution in [1.29, 1.82) is 0 Å². The molecule has 0 spiro atoms. The van der Waals surface area contributed by atoms with E-state index < -0.39 is 10.0 Å². The number of hydrogen-bond acceptors (Lipinski definition) is 4. The van der Waals surface area contributed by atoms with Gasteiger partial charge >= 0.3 is 0 Å². The Hall–Kier alpha value is -0.560. The van der Waals surface area contributed by atoms with Crippen LogP contribution in [0.2, 0.25) is 0 Å². The summed E-state index contributed by atoms with van der Waals surface area (Å²) >= 11 is 1.62. The lowest BCUT2D eigenvalue weighted by molar-refractivity contribution is 0.280. The molecule has 108 valence electrons. The third kappa shape index (κ3) is 4.21. The van der Waals surface area contributed by atoms with Gasteiger partial charge in [0.2, 0.25) is 10.0 Å². The van der Waals surface area contributed by atoms with Gasteiger partial charge in [-0.05, 0) is 36.8 Å². The fourth-order valence-electron chi connectivity index (χ4n) is 1.84. The second-order valence-electron chi connectivity index (χ2n) is 4.38. The lowest BCUT2D eigenvalue weighted by Gasteiger charge is -2.17. The van der Waals surface area contributed by atoms with Gasteiger partial charge in [-0.1, -0.05) is 19.1 Å². The van der Waals surface area contributed by atoms with Gasteiger partial charge in [0.15, 0.2) is 0 Å². The van der Waals surface area contributed by atoms with Gasteiger partial charge in [0.05, 0.1) is 11.5 Å². The molecule has 1 rings (SSSR count). The first-order chi connectivity index (χ1) is 8.96. The molecule has 0 aliphatic rings. The molecule has 0 aliphatic carbocycles. The highest BCUT2D eigenvalue weighted by Gasteiger charge is 2.21. The first-order valence-electron chi connectivity index (χ1n) is 6.16. The van der Waals surface area contributed by atoms with Crippen molar-refractivity contribution in [3.05, 3.63) is 29.3 Å². The predicted molar refractivity (Wildman–Crippen MR) is 79.9 cm³/mol. The summed E-state index contributed by atoms with van der Waals surface area (Å²) in [5, 5.41) is 9.20. The van der Waals surface area contributed by atoms with Crippen LogP contribution < -0.4 is 4.72 Å². The Morgan fingerprint density at radius 3 is 2.63 bits per heavy atom. The van der Waals surface area contributed by atoms with Crippen LogP contribution in [0, 0.1) is 6.92 Å². The Morgan fingerprint density at radius 2 is 2.11 bits per heavy atom. The van der Waals surface area contributed by atoms with Crippen molar-refractivity contribution in [1.82, 2.24) is 4.72 Å². The number of nitrogens with one attached hydrogen (secondary N) is 1. The van der Waals surface area contributed by atoms with Crippen molar-refractivity contribution < 1.29 is 13.5 Å². The van der Waals surface area contributed by atoms with E-state index in [1.54, 1.807) is 36.9 Å². The van der Waals surface area contributed by atoms with Crippen LogP contribution in [-0.2, 0) is 16.6 Å². The zero-order valence-corrected chi connectivity index (χ0v) is 13.1. The van der Waals surface area contributed by atoms with Gasteiger partial charge in [0.25, 0.3) is 0 Å². The van der Waals surface area contributed by atoms with Crippen LogP contribution in [0.3, 0.4) is 0 Å². The number of hydrogen-bond donors (Lipinski definition) is 2. The molecule has 0 heterocycles. The van der Waals surface area contributed by atoms with Gasteiger partial charge in [-0.15, -0.1) is 0 Å². The van der Waals surface area contributed by atoms with E-state index >= 15 is 0 Å². The van der Waals surface area contributed by atoms with Crippen molar-refractivity contribution in [2.75, 3.05) is 12.0 Å². The molecule has 4 nitrogen and oxygen atoms in total. The van der Waals surface area contributed by atoms with E-state index in [2.05, 4.69) is 4.72 Å². The third-order valence-electron chi connectivity index (χ3n) is 3.04. The molecule has 0 saturated heterocycles. The lowest BCUT2D eigenvalue weighted by atomic mass is 10.1. The average molecular weight is 303 g/mol. The fraction of sp³-hybridized carbons (Fsp3) is 0.538. The Balaban J connectivity index is 3.06.